The van der Waals surface area contributed by atoms with Gasteiger partial charge in [-0.2, -0.15) is 0 Å². The fraction of sp³-hybridized carbons (Fsp3) is 0.684. The normalized spacial score (nSPS) is 28.2. The summed E-state index contributed by atoms with van der Waals surface area (Å²) in [6.45, 7) is 6.87. The molecule has 1 saturated carbocycles. The molecule has 1 aromatic rings. The van der Waals surface area contributed by atoms with Crippen LogP contribution in [0.25, 0.3) is 0 Å². The third-order valence-electron chi connectivity index (χ3n) is 6.26. The van der Waals surface area contributed by atoms with E-state index in [4.69, 9.17) is 0 Å². The Kier molecular flexibility index (Phi) is 4.10. The Morgan fingerprint density at radius 3 is 2.32 bits per heavy atom. The molecule has 2 N–H and O–H groups in total. The molecule has 1 atom stereocenters. The molecule has 4 rings (SSSR count). The number of nitrogens with zero attached hydrogens (tertiary/aromatic N) is 1. The summed E-state index contributed by atoms with van der Waals surface area (Å²) < 4.78 is 0. The van der Waals surface area contributed by atoms with Crippen molar-refractivity contribution >= 4 is 5.69 Å². The molecule has 120 valence electrons. The molecule has 0 aromatic heterocycles. The summed E-state index contributed by atoms with van der Waals surface area (Å²) in [6, 6.07) is 9.54. The smallest absolute Gasteiger partial charge is 0.0367 e. The molecule has 3 fully saturated rings. The topological polar surface area (TPSA) is 27.3 Å². The molecule has 2 aliphatic heterocycles. The lowest BCUT2D eigenvalue weighted by molar-refractivity contribution is 0.170. The van der Waals surface area contributed by atoms with Crippen molar-refractivity contribution in [1.82, 2.24) is 10.6 Å². The first kappa shape index (κ1) is 14.5. The van der Waals surface area contributed by atoms with Crippen LogP contribution in [0.5, 0.6) is 0 Å². The quantitative estimate of drug-likeness (QED) is 0.879. The van der Waals surface area contributed by atoms with Crippen LogP contribution in [0, 0.1) is 5.41 Å². The van der Waals surface area contributed by atoms with Gasteiger partial charge in [-0.25, -0.2) is 0 Å². The maximum atomic E-state index is 3.64. The molecule has 3 nitrogen and oxygen atoms in total. The number of nitrogens with one attached hydrogen (secondary N) is 2. The lowest BCUT2D eigenvalue weighted by atomic mass is 9.67. The molecule has 0 bridgehead atoms. The van der Waals surface area contributed by atoms with Crippen LogP contribution < -0.4 is 15.5 Å². The molecule has 1 spiro atoms. The van der Waals surface area contributed by atoms with E-state index in [1.54, 1.807) is 5.56 Å². The maximum absolute atomic E-state index is 3.64. The molecular weight excluding hydrogens is 270 g/mol. The number of benzene rings is 1. The Bertz CT molecular complexity index is 484. The molecular formula is C19H29N3. The van der Waals surface area contributed by atoms with Crippen molar-refractivity contribution in [2.45, 2.75) is 38.0 Å². The second-order valence-corrected chi connectivity index (χ2v) is 7.40. The summed E-state index contributed by atoms with van der Waals surface area (Å²) >= 11 is 0. The Balaban J connectivity index is 1.54. The average Bonchev–Trinajstić information content (AvgIpc) is 3.05. The van der Waals surface area contributed by atoms with Crippen LogP contribution in [-0.2, 0) is 0 Å². The SMILES string of the molecule is c1cc(N2CCNCC2)ccc1C1CNCCC12CCCC2. The summed E-state index contributed by atoms with van der Waals surface area (Å²) in [5.41, 5.74) is 3.56. The van der Waals surface area contributed by atoms with Gasteiger partial charge in [0.15, 0.2) is 0 Å². The fourth-order valence-corrected chi connectivity index (χ4v) is 4.96. The third-order valence-corrected chi connectivity index (χ3v) is 6.26. The third kappa shape index (κ3) is 2.65. The second-order valence-electron chi connectivity index (χ2n) is 7.40. The Morgan fingerprint density at radius 1 is 0.864 bits per heavy atom. The highest BCUT2D eigenvalue weighted by Crippen LogP contribution is 2.52. The van der Waals surface area contributed by atoms with Gasteiger partial charge in [0.25, 0.3) is 0 Å². The fourth-order valence-electron chi connectivity index (χ4n) is 4.96. The van der Waals surface area contributed by atoms with Crippen molar-refractivity contribution in [3.63, 3.8) is 0 Å². The molecule has 3 aliphatic rings. The van der Waals surface area contributed by atoms with Crippen molar-refractivity contribution in [3.05, 3.63) is 29.8 Å². The number of hydrogen-bond acceptors (Lipinski definition) is 3. The van der Waals surface area contributed by atoms with Crippen LogP contribution in [0.4, 0.5) is 5.69 Å². The highest BCUT2D eigenvalue weighted by Gasteiger charge is 2.43. The zero-order chi connectivity index (χ0) is 14.8. The predicted molar refractivity (Wildman–Crippen MR) is 92.7 cm³/mol. The van der Waals surface area contributed by atoms with Crippen LogP contribution in [0.3, 0.4) is 0 Å². The zero-order valence-corrected chi connectivity index (χ0v) is 13.6. The second kappa shape index (κ2) is 6.21. The standard InChI is InChI=1S/C19H29N3/c1-2-8-19(7-1)9-10-21-15-18(19)16-3-5-17(6-4-16)22-13-11-20-12-14-22/h3-6,18,20-21H,1-2,7-15H2. The van der Waals surface area contributed by atoms with E-state index in [1.165, 1.54) is 50.9 Å². The lowest BCUT2D eigenvalue weighted by Crippen LogP contribution is -2.43. The van der Waals surface area contributed by atoms with Gasteiger partial charge in [-0.3, -0.25) is 0 Å². The Hall–Kier alpha value is -1.06. The molecule has 0 radical (unpaired) electrons. The van der Waals surface area contributed by atoms with Crippen LogP contribution in [-0.4, -0.2) is 39.3 Å². The predicted octanol–water partition coefficient (Wildman–Crippen LogP) is 2.73. The van der Waals surface area contributed by atoms with Crippen LogP contribution in [0.2, 0.25) is 0 Å². The van der Waals surface area contributed by atoms with Gasteiger partial charge in [-0.05, 0) is 48.9 Å². The number of rotatable bonds is 2. The van der Waals surface area contributed by atoms with Crippen molar-refractivity contribution in [3.8, 4) is 0 Å². The lowest BCUT2D eigenvalue weighted by Gasteiger charge is -2.42. The number of anilines is 1. The molecule has 22 heavy (non-hydrogen) atoms. The number of piperidine rings is 1. The van der Waals surface area contributed by atoms with Gasteiger partial charge >= 0.3 is 0 Å². The summed E-state index contributed by atoms with van der Waals surface area (Å²) in [6.07, 6.45) is 7.14. The monoisotopic (exact) mass is 299 g/mol. The van der Waals surface area contributed by atoms with Gasteiger partial charge in [0.05, 0.1) is 0 Å². The van der Waals surface area contributed by atoms with Gasteiger partial charge in [0.1, 0.15) is 0 Å². The first-order valence-corrected chi connectivity index (χ1v) is 9.14. The molecule has 3 heteroatoms. The molecule has 0 amide bonds. The largest absolute Gasteiger partial charge is 0.369 e. The van der Waals surface area contributed by atoms with Crippen molar-refractivity contribution in [2.24, 2.45) is 5.41 Å². The summed E-state index contributed by atoms with van der Waals surface area (Å²) in [5, 5.41) is 7.07. The minimum absolute atomic E-state index is 0.599. The van der Waals surface area contributed by atoms with Crippen LogP contribution in [0.15, 0.2) is 24.3 Å². The van der Waals surface area contributed by atoms with Gasteiger partial charge in [-0.15, -0.1) is 0 Å². The molecule has 1 aromatic carbocycles. The van der Waals surface area contributed by atoms with E-state index >= 15 is 0 Å². The molecule has 2 saturated heterocycles. The first-order valence-electron chi connectivity index (χ1n) is 9.14. The van der Waals surface area contributed by atoms with Gasteiger partial charge in [0.2, 0.25) is 0 Å². The van der Waals surface area contributed by atoms with Gasteiger partial charge in [0, 0.05) is 44.3 Å². The van der Waals surface area contributed by atoms with E-state index in [2.05, 4.69) is 39.8 Å². The van der Waals surface area contributed by atoms with Gasteiger partial charge < -0.3 is 15.5 Å². The highest BCUT2D eigenvalue weighted by molar-refractivity contribution is 5.49. The number of piperazine rings is 1. The van der Waals surface area contributed by atoms with E-state index < -0.39 is 0 Å². The van der Waals surface area contributed by atoms with E-state index in [0.29, 0.717) is 5.41 Å². The van der Waals surface area contributed by atoms with E-state index in [9.17, 15) is 0 Å². The average molecular weight is 299 g/mol. The van der Waals surface area contributed by atoms with Crippen molar-refractivity contribution in [2.75, 3.05) is 44.2 Å². The molecule has 2 heterocycles. The summed E-state index contributed by atoms with van der Waals surface area (Å²) in [7, 11) is 0. The van der Waals surface area contributed by atoms with Crippen molar-refractivity contribution < 1.29 is 0 Å². The highest BCUT2D eigenvalue weighted by atomic mass is 15.2. The molecule has 1 unspecified atom stereocenters. The zero-order valence-electron chi connectivity index (χ0n) is 13.6. The molecule has 1 aliphatic carbocycles. The summed E-state index contributed by atoms with van der Waals surface area (Å²) in [4.78, 5) is 2.50. The summed E-state index contributed by atoms with van der Waals surface area (Å²) in [5.74, 6) is 0.723. The van der Waals surface area contributed by atoms with Crippen LogP contribution in [0.1, 0.15) is 43.6 Å². The Labute approximate surface area is 134 Å². The van der Waals surface area contributed by atoms with Gasteiger partial charge in [-0.1, -0.05) is 25.0 Å². The van der Waals surface area contributed by atoms with E-state index in [1.807, 2.05) is 0 Å². The Morgan fingerprint density at radius 2 is 1.59 bits per heavy atom. The van der Waals surface area contributed by atoms with E-state index in [-0.39, 0.29) is 0 Å². The minimum atomic E-state index is 0.599. The van der Waals surface area contributed by atoms with Crippen molar-refractivity contribution in [1.29, 1.82) is 0 Å². The number of hydrogen-bond donors (Lipinski definition) is 2. The first-order chi connectivity index (χ1) is 10.9. The maximum Gasteiger partial charge on any atom is 0.0367 e. The minimum Gasteiger partial charge on any atom is -0.369 e. The van der Waals surface area contributed by atoms with E-state index in [0.717, 1.165) is 32.1 Å². The van der Waals surface area contributed by atoms with Crippen LogP contribution >= 0.6 is 0 Å².